The molecule has 0 unspecified atom stereocenters. The summed E-state index contributed by atoms with van der Waals surface area (Å²) in [4.78, 5) is 10.7. The third-order valence-corrected chi connectivity index (χ3v) is 3.53. The fourth-order valence-electron chi connectivity index (χ4n) is 2.90. The van der Waals surface area contributed by atoms with Crippen LogP contribution in [0.4, 0.5) is 13.2 Å². The van der Waals surface area contributed by atoms with E-state index in [0.29, 0.717) is 19.3 Å². The Morgan fingerprint density at radius 3 is 2.14 bits per heavy atom. The summed E-state index contributed by atoms with van der Waals surface area (Å²) < 4.78 is 35.7. The zero-order chi connectivity index (χ0) is 10.6. The van der Waals surface area contributed by atoms with Crippen molar-refractivity contribution in [1.29, 1.82) is 0 Å². The normalized spacial score (nSPS) is 39.9. The molecule has 0 amide bonds. The van der Waals surface area contributed by atoms with Gasteiger partial charge in [0.1, 0.15) is 0 Å². The molecular formula is C9H11F3O2. The van der Waals surface area contributed by atoms with Crippen molar-refractivity contribution in [3.05, 3.63) is 0 Å². The zero-order valence-electron chi connectivity index (χ0n) is 7.52. The Morgan fingerprint density at radius 1 is 1.29 bits per heavy atom. The van der Waals surface area contributed by atoms with Crippen LogP contribution < -0.4 is 0 Å². The lowest BCUT2D eigenvalue weighted by Gasteiger charge is -2.68. The molecule has 0 atom stereocenters. The summed E-state index contributed by atoms with van der Waals surface area (Å²) in [6.07, 6.45) is -3.43. The van der Waals surface area contributed by atoms with E-state index < -0.39 is 24.0 Å². The Kier molecular flexibility index (Phi) is 1.71. The van der Waals surface area contributed by atoms with Gasteiger partial charge in [0, 0.05) is 6.42 Å². The van der Waals surface area contributed by atoms with Crippen molar-refractivity contribution < 1.29 is 23.1 Å². The smallest absolute Gasteiger partial charge is 0.389 e. The number of carbonyl (C=O) groups is 1. The van der Waals surface area contributed by atoms with Crippen LogP contribution in [-0.2, 0) is 4.79 Å². The molecule has 14 heavy (non-hydrogen) atoms. The molecule has 0 aliphatic heterocycles. The third-order valence-electron chi connectivity index (χ3n) is 3.53. The van der Waals surface area contributed by atoms with Crippen molar-refractivity contribution in [2.45, 2.75) is 38.3 Å². The molecule has 0 heterocycles. The number of hydrogen-bond donors (Lipinski definition) is 1. The Bertz CT molecular complexity index is 262. The molecule has 5 heteroatoms. The molecule has 3 rings (SSSR count). The van der Waals surface area contributed by atoms with Gasteiger partial charge in [0.15, 0.2) is 0 Å². The third kappa shape index (κ3) is 1.29. The second-order valence-corrected chi connectivity index (χ2v) is 4.73. The van der Waals surface area contributed by atoms with Gasteiger partial charge in [-0.1, -0.05) is 0 Å². The second kappa shape index (κ2) is 2.44. The Labute approximate surface area is 79.1 Å². The molecule has 0 aromatic carbocycles. The first-order chi connectivity index (χ1) is 6.27. The highest BCUT2D eigenvalue weighted by Crippen LogP contribution is 2.75. The summed E-state index contributed by atoms with van der Waals surface area (Å²) in [6, 6.07) is 0. The monoisotopic (exact) mass is 208 g/mol. The van der Waals surface area contributed by atoms with Crippen molar-refractivity contribution in [3.8, 4) is 0 Å². The molecular weight excluding hydrogens is 197 g/mol. The summed E-state index contributed by atoms with van der Waals surface area (Å²) in [5.41, 5.74) is -0.931. The Morgan fingerprint density at radius 2 is 1.79 bits per heavy atom. The lowest BCUT2D eigenvalue weighted by Crippen LogP contribution is -2.65. The van der Waals surface area contributed by atoms with Gasteiger partial charge in [0.25, 0.3) is 0 Å². The van der Waals surface area contributed by atoms with Crippen LogP contribution in [-0.4, -0.2) is 17.3 Å². The van der Waals surface area contributed by atoms with Crippen molar-refractivity contribution in [2.75, 3.05) is 0 Å². The average molecular weight is 208 g/mol. The van der Waals surface area contributed by atoms with E-state index in [0.717, 1.165) is 0 Å². The summed E-state index contributed by atoms with van der Waals surface area (Å²) in [6.45, 7) is 0. The largest absolute Gasteiger partial charge is 0.481 e. The summed E-state index contributed by atoms with van der Waals surface area (Å²) in [7, 11) is 0. The highest BCUT2D eigenvalue weighted by Gasteiger charge is 2.71. The van der Waals surface area contributed by atoms with Gasteiger partial charge >= 0.3 is 12.1 Å². The van der Waals surface area contributed by atoms with Crippen molar-refractivity contribution in [2.24, 2.45) is 10.8 Å². The first-order valence-electron chi connectivity index (χ1n) is 4.57. The highest BCUT2D eigenvalue weighted by molar-refractivity contribution is 5.79. The maximum Gasteiger partial charge on any atom is 0.389 e. The van der Waals surface area contributed by atoms with Gasteiger partial charge in [0.2, 0.25) is 0 Å². The molecule has 0 spiro atoms. The second-order valence-electron chi connectivity index (χ2n) is 4.73. The molecule has 0 aromatic heterocycles. The van der Waals surface area contributed by atoms with Crippen LogP contribution >= 0.6 is 0 Å². The quantitative estimate of drug-likeness (QED) is 0.773. The molecule has 3 aliphatic rings. The lowest BCUT2D eigenvalue weighted by atomic mass is 9.34. The van der Waals surface area contributed by atoms with Crippen LogP contribution in [0.2, 0.25) is 0 Å². The van der Waals surface area contributed by atoms with E-state index in [1.165, 1.54) is 0 Å². The van der Waals surface area contributed by atoms with Gasteiger partial charge in [-0.15, -0.1) is 0 Å². The van der Waals surface area contributed by atoms with E-state index in [2.05, 4.69) is 0 Å². The molecule has 0 aromatic rings. The minimum atomic E-state index is -4.11. The molecule has 3 saturated carbocycles. The molecule has 2 bridgehead atoms. The molecule has 0 radical (unpaired) electrons. The van der Waals surface area contributed by atoms with Crippen LogP contribution in [0, 0.1) is 10.8 Å². The first kappa shape index (κ1) is 9.80. The maximum absolute atomic E-state index is 11.9. The van der Waals surface area contributed by atoms with Crippen LogP contribution in [0.1, 0.15) is 32.1 Å². The molecule has 1 N–H and O–H groups in total. The number of alkyl halides is 3. The van der Waals surface area contributed by atoms with Gasteiger partial charge < -0.3 is 5.11 Å². The van der Waals surface area contributed by atoms with E-state index >= 15 is 0 Å². The zero-order valence-corrected chi connectivity index (χ0v) is 7.52. The number of hydrogen-bond acceptors (Lipinski definition) is 1. The topological polar surface area (TPSA) is 37.3 Å². The van der Waals surface area contributed by atoms with Crippen molar-refractivity contribution in [3.63, 3.8) is 0 Å². The average Bonchev–Trinajstić information content (AvgIpc) is 1.76. The van der Waals surface area contributed by atoms with E-state index in [-0.39, 0.29) is 11.8 Å². The highest BCUT2D eigenvalue weighted by atomic mass is 19.4. The van der Waals surface area contributed by atoms with Gasteiger partial charge in [-0.05, 0) is 31.1 Å². The van der Waals surface area contributed by atoms with Crippen LogP contribution in [0.5, 0.6) is 0 Å². The number of rotatable bonds is 3. The lowest BCUT2D eigenvalue weighted by molar-refractivity contribution is -0.234. The molecule has 80 valence electrons. The molecule has 3 aliphatic carbocycles. The SMILES string of the molecule is O=C(O)C12CC(CCC(F)(F)F)(C1)C2. The van der Waals surface area contributed by atoms with E-state index in [1.807, 2.05) is 0 Å². The van der Waals surface area contributed by atoms with Crippen LogP contribution in [0.25, 0.3) is 0 Å². The van der Waals surface area contributed by atoms with Crippen molar-refractivity contribution >= 4 is 5.97 Å². The number of aliphatic carboxylic acids is 1. The molecule has 0 saturated heterocycles. The van der Waals surface area contributed by atoms with Gasteiger partial charge in [-0.25, -0.2) is 0 Å². The number of carboxylic acids is 1. The van der Waals surface area contributed by atoms with Gasteiger partial charge in [-0.2, -0.15) is 13.2 Å². The fourth-order valence-corrected chi connectivity index (χ4v) is 2.90. The minimum absolute atomic E-state index is 0.103. The maximum atomic E-state index is 11.9. The first-order valence-corrected chi connectivity index (χ1v) is 4.57. The number of halogens is 3. The predicted octanol–water partition coefficient (Wildman–Crippen LogP) is 2.58. The predicted molar refractivity (Wildman–Crippen MR) is 41.6 cm³/mol. The van der Waals surface area contributed by atoms with Crippen LogP contribution in [0.15, 0.2) is 0 Å². The standard InChI is InChI=1S/C9H11F3O2/c10-9(11,12)2-1-7-3-8(4-7,5-7)6(13)14/h1-5H2,(H,13,14). The summed E-state index contributed by atoms with van der Waals surface area (Å²) in [5, 5.41) is 8.75. The Balaban J connectivity index is 1.81. The van der Waals surface area contributed by atoms with E-state index in [4.69, 9.17) is 5.11 Å². The van der Waals surface area contributed by atoms with Gasteiger partial charge in [-0.3, -0.25) is 4.79 Å². The van der Waals surface area contributed by atoms with E-state index in [1.54, 1.807) is 0 Å². The van der Waals surface area contributed by atoms with E-state index in [9.17, 15) is 18.0 Å². The molecule has 3 fully saturated rings. The minimum Gasteiger partial charge on any atom is -0.481 e. The fraction of sp³-hybridized carbons (Fsp3) is 0.889. The van der Waals surface area contributed by atoms with Gasteiger partial charge in [0.05, 0.1) is 5.41 Å². The summed E-state index contributed by atoms with van der Waals surface area (Å²) >= 11 is 0. The van der Waals surface area contributed by atoms with Crippen molar-refractivity contribution in [1.82, 2.24) is 0 Å². The Hall–Kier alpha value is -0.740. The van der Waals surface area contributed by atoms with Crippen LogP contribution in [0.3, 0.4) is 0 Å². The summed E-state index contributed by atoms with van der Waals surface area (Å²) in [5.74, 6) is -0.841. The number of carboxylic acid groups (broad SMARTS) is 1. The molecule has 2 nitrogen and oxygen atoms in total.